The third-order valence-electron chi connectivity index (χ3n) is 3.25. The number of nitrogens with one attached hydrogen (secondary N) is 1. The number of benzene rings is 1. The molecule has 0 aromatic heterocycles. The van der Waals surface area contributed by atoms with Crippen molar-refractivity contribution in [2.75, 3.05) is 0 Å². The Morgan fingerprint density at radius 1 is 1.38 bits per heavy atom. The number of carbonyl (C=O) groups is 2. The Kier molecular flexibility index (Phi) is 3.89. The molecule has 0 spiro atoms. The van der Waals surface area contributed by atoms with Crippen LogP contribution in [0.4, 0.5) is 9.18 Å². The van der Waals surface area contributed by atoms with Crippen LogP contribution in [0.15, 0.2) is 12.1 Å². The fourth-order valence-electron chi connectivity index (χ4n) is 2.50. The quantitative estimate of drug-likeness (QED) is 0.879. The third kappa shape index (κ3) is 3.32. The van der Waals surface area contributed by atoms with Crippen molar-refractivity contribution in [1.82, 2.24) is 5.32 Å². The van der Waals surface area contributed by atoms with Crippen molar-refractivity contribution < 1.29 is 23.8 Å². The Labute approximate surface area is 122 Å². The molecule has 21 heavy (non-hydrogen) atoms. The van der Waals surface area contributed by atoms with Gasteiger partial charge in [-0.1, -0.05) is 0 Å². The van der Waals surface area contributed by atoms with Crippen LogP contribution in [-0.2, 0) is 11.2 Å². The highest BCUT2D eigenvalue weighted by Crippen LogP contribution is 2.35. The van der Waals surface area contributed by atoms with Gasteiger partial charge in [-0.3, -0.25) is 0 Å². The first kappa shape index (κ1) is 15.3. The molecule has 0 saturated carbocycles. The Hall–Kier alpha value is -2.11. The van der Waals surface area contributed by atoms with E-state index in [1.165, 1.54) is 6.07 Å². The largest absolute Gasteiger partial charge is 0.478 e. The molecule has 0 fully saturated rings. The van der Waals surface area contributed by atoms with Gasteiger partial charge in [0.2, 0.25) is 0 Å². The molecule has 1 amide bonds. The number of ether oxygens (including phenoxy) is 1. The number of carboxylic acid groups (broad SMARTS) is 1. The minimum atomic E-state index is -1.14. The first-order chi connectivity index (χ1) is 9.69. The van der Waals surface area contributed by atoms with Gasteiger partial charge in [0.15, 0.2) is 0 Å². The molecule has 0 radical (unpaired) electrons. The summed E-state index contributed by atoms with van der Waals surface area (Å²) in [6.07, 6.45) is 0.208. The molecule has 0 heterocycles. The Morgan fingerprint density at radius 2 is 2.05 bits per heavy atom. The molecule has 1 aliphatic rings. The van der Waals surface area contributed by atoms with Crippen molar-refractivity contribution in [2.45, 2.75) is 45.3 Å². The number of fused-ring (bicyclic) bond motifs is 1. The van der Waals surface area contributed by atoms with Crippen LogP contribution in [0.2, 0.25) is 0 Å². The van der Waals surface area contributed by atoms with Gasteiger partial charge in [-0.05, 0) is 56.9 Å². The summed E-state index contributed by atoms with van der Waals surface area (Å²) < 4.78 is 18.9. The Balaban J connectivity index is 2.27. The second-order valence-electron chi connectivity index (χ2n) is 6.03. The van der Waals surface area contributed by atoms with Gasteiger partial charge in [0, 0.05) is 0 Å². The van der Waals surface area contributed by atoms with Crippen LogP contribution in [0.5, 0.6) is 0 Å². The summed E-state index contributed by atoms with van der Waals surface area (Å²) in [5.74, 6) is -1.58. The van der Waals surface area contributed by atoms with Gasteiger partial charge in [-0.15, -0.1) is 0 Å². The normalized spacial score (nSPS) is 17.2. The van der Waals surface area contributed by atoms with Crippen molar-refractivity contribution in [3.63, 3.8) is 0 Å². The van der Waals surface area contributed by atoms with Crippen LogP contribution in [0, 0.1) is 5.82 Å². The topological polar surface area (TPSA) is 75.6 Å². The number of hydrogen-bond donors (Lipinski definition) is 2. The molecule has 0 aliphatic heterocycles. The molecule has 6 heteroatoms. The van der Waals surface area contributed by atoms with E-state index in [1.807, 2.05) is 0 Å². The molecule has 114 valence electrons. The lowest BCUT2D eigenvalue weighted by Gasteiger charge is -2.22. The molecule has 1 unspecified atom stereocenters. The summed E-state index contributed by atoms with van der Waals surface area (Å²) in [6.45, 7) is 5.20. The zero-order valence-corrected chi connectivity index (χ0v) is 12.2. The van der Waals surface area contributed by atoms with E-state index < -0.39 is 29.5 Å². The van der Waals surface area contributed by atoms with Crippen LogP contribution in [0.1, 0.15) is 54.7 Å². The molecule has 5 nitrogen and oxygen atoms in total. The summed E-state index contributed by atoms with van der Waals surface area (Å²) in [6, 6.07) is 1.83. The second-order valence-corrected chi connectivity index (χ2v) is 6.03. The van der Waals surface area contributed by atoms with E-state index in [-0.39, 0.29) is 5.56 Å². The summed E-state index contributed by atoms with van der Waals surface area (Å²) in [5.41, 5.74) is 0.0672. The fourth-order valence-corrected chi connectivity index (χ4v) is 2.50. The maximum atomic E-state index is 13.8. The van der Waals surface area contributed by atoms with Crippen LogP contribution < -0.4 is 5.32 Å². The van der Waals surface area contributed by atoms with Gasteiger partial charge in [-0.25, -0.2) is 14.0 Å². The smallest absolute Gasteiger partial charge is 0.408 e. The summed E-state index contributed by atoms with van der Waals surface area (Å²) in [4.78, 5) is 23.1. The molecule has 2 N–H and O–H groups in total. The Morgan fingerprint density at radius 3 is 2.62 bits per heavy atom. The molecule has 1 aromatic rings. The minimum Gasteiger partial charge on any atom is -0.478 e. The highest BCUT2D eigenvalue weighted by Gasteiger charge is 2.32. The monoisotopic (exact) mass is 295 g/mol. The maximum Gasteiger partial charge on any atom is 0.408 e. The lowest BCUT2D eigenvalue weighted by atomic mass is 10.0. The van der Waals surface area contributed by atoms with E-state index in [9.17, 15) is 19.1 Å². The van der Waals surface area contributed by atoms with Crippen molar-refractivity contribution in [1.29, 1.82) is 0 Å². The minimum absolute atomic E-state index is 0.0185. The van der Waals surface area contributed by atoms with Gasteiger partial charge >= 0.3 is 12.1 Å². The molecular formula is C15H18FNO4. The molecule has 1 aliphatic carbocycles. The number of rotatable bonds is 2. The van der Waals surface area contributed by atoms with E-state index >= 15 is 0 Å². The number of halogens is 1. The number of carbonyl (C=O) groups excluding carboxylic acids is 1. The SMILES string of the molecule is CC(C)(C)OC(=O)NC1CCc2c(F)ccc(C(=O)O)c21. The number of aromatic carboxylic acids is 1. The van der Waals surface area contributed by atoms with Crippen molar-refractivity contribution in [2.24, 2.45) is 0 Å². The van der Waals surface area contributed by atoms with E-state index in [2.05, 4.69) is 5.32 Å². The first-order valence-corrected chi connectivity index (χ1v) is 6.73. The average molecular weight is 295 g/mol. The molecular weight excluding hydrogens is 277 g/mol. The first-order valence-electron chi connectivity index (χ1n) is 6.73. The van der Waals surface area contributed by atoms with Crippen LogP contribution >= 0.6 is 0 Å². The van der Waals surface area contributed by atoms with Crippen LogP contribution in [0.25, 0.3) is 0 Å². The maximum absolute atomic E-state index is 13.8. The number of hydrogen-bond acceptors (Lipinski definition) is 3. The standard InChI is InChI=1S/C15H18FNO4/c1-15(2,3)21-14(20)17-11-7-5-8-10(16)6-4-9(12(8)11)13(18)19/h4,6,11H,5,7H2,1-3H3,(H,17,20)(H,18,19). The zero-order valence-electron chi connectivity index (χ0n) is 12.2. The summed E-state index contributed by atoms with van der Waals surface area (Å²) in [5, 5.41) is 11.8. The van der Waals surface area contributed by atoms with Crippen molar-refractivity contribution in [3.8, 4) is 0 Å². The number of alkyl carbamates (subject to hydrolysis) is 1. The van der Waals surface area contributed by atoms with Crippen molar-refractivity contribution in [3.05, 3.63) is 34.6 Å². The van der Waals surface area contributed by atoms with E-state index in [1.54, 1.807) is 20.8 Å². The number of amides is 1. The summed E-state index contributed by atoms with van der Waals surface area (Å²) in [7, 11) is 0. The van der Waals surface area contributed by atoms with Gasteiger partial charge in [0.05, 0.1) is 11.6 Å². The van der Waals surface area contributed by atoms with Crippen LogP contribution in [0.3, 0.4) is 0 Å². The highest BCUT2D eigenvalue weighted by molar-refractivity contribution is 5.90. The highest BCUT2D eigenvalue weighted by atomic mass is 19.1. The molecule has 1 aromatic carbocycles. The number of carboxylic acids is 1. The Bertz CT molecular complexity index is 592. The van der Waals surface area contributed by atoms with Gasteiger partial charge < -0.3 is 15.2 Å². The van der Waals surface area contributed by atoms with Crippen molar-refractivity contribution >= 4 is 12.1 Å². The van der Waals surface area contributed by atoms with E-state index in [0.717, 1.165) is 6.07 Å². The second kappa shape index (κ2) is 5.35. The van der Waals surface area contributed by atoms with Gasteiger partial charge in [0.1, 0.15) is 11.4 Å². The molecule has 1 atom stereocenters. The lowest BCUT2D eigenvalue weighted by Crippen LogP contribution is -2.34. The fraction of sp³-hybridized carbons (Fsp3) is 0.467. The van der Waals surface area contributed by atoms with E-state index in [4.69, 9.17) is 4.74 Å². The lowest BCUT2D eigenvalue weighted by molar-refractivity contribution is 0.0500. The predicted molar refractivity (Wildman–Crippen MR) is 73.8 cm³/mol. The van der Waals surface area contributed by atoms with Crippen LogP contribution in [-0.4, -0.2) is 22.8 Å². The third-order valence-corrected chi connectivity index (χ3v) is 3.25. The zero-order chi connectivity index (χ0) is 15.8. The predicted octanol–water partition coefficient (Wildman–Crippen LogP) is 3.04. The molecule has 2 rings (SSSR count). The molecule has 0 saturated heterocycles. The van der Waals surface area contributed by atoms with E-state index in [0.29, 0.717) is 24.0 Å². The van der Waals surface area contributed by atoms with Gasteiger partial charge in [-0.2, -0.15) is 0 Å². The average Bonchev–Trinajstić information content (AvgIpc) is 2.71. The van der Waals surface area contributed by atoms with Gasteiger partial charge in [0.25, 0.3) is 0 Å². The molecule has 0 bridgehead atoms. The summed E-state index contributed by atoms with van der Waals surface area (Å²) >= 11 is 0.